The second-order valence-corrected chi connectivity index (χ2v) is 6.61. The number of pyridine rings is 1. The molecule has 0 aliphatic rings. The molecule has 4 aromatic rings. The van der Waals surface area contributed by atoms with Crippen LogP contribution in [0, 0.1) is 6.92 Å². The molecule has 3 aromatic heterocycles. The maximum Gasteiger partial charge on any atom is 0.124 e. The van der Waals surface area contributed by atoms with Crippen molar-refractivity contribution in [1.29, 1.82) is 0 Å². The molecule has 4 rings (SSSR count). The van der Waals surface area contributed by atoms with Crippen LogP contribution in [-0.4, -0.2) is 14.5 Å². The second-order valence-electron chi connectivity index (χ2n) is 5.00. The van der Waals surface area contributed by atoms with E-state index in [-0.39, 0.29) is 0 Å². The van der Waals surface area contributed by atoms with Crippen molar-refractivity contribution in [3.63, 3.8) is 0 Å². The van der Waals surface area contributed by atoms with Crippen molar-refractivity contribution in [2.75, 3.05) is 0 Å². The maximum atomic E-state index is 6.15. The Hall–Kier alpha value is -1.91. The third kappa shape index (κ3) is 2.11. The second kappa shape index (κ2) is 4.83. The third-order valence-corrected chi connectivity index (χ3v) is 4.76. The van der Waals surface area contributed by atoms with E-state index in [1.54, 1.807) is 17.5 Å². The molecule has 0 atom stereocenters. The standard InChI is InChI=1S/C16H12ClN3S/c1-10-19-15-13-7-12(17)4-5-14(13)20(16(15)21-10)9-11-3-2-6-18-8-11/h2-8H,9H2,1H3. The highest BCUT2D eigenvalue weighted by atomic mass is 35.5. The lowest BCUT2D eigenvalue weighted by Gasteiger charge is -2.06. The van der Waals surface area contributed by atoms with Gasteiger partial charge in [0, 0.05) is 22.8 Å². The number of hydrogen-bond acceptors (Lipinski definition) is 3. The number of hydrogen-bond donors (Lipinski definition) is 0. The Morgan fingerprint density at radius 3 is 3.00 bits per heavy atom. The van der Waals surface area contributed by atoms with Crippen LogP contribution in [-0.2, 0) is 6.54 Å². The fourth-order valence-electron chi connectivity index (χ4n) is 2.65. The summed E-state index contributed by atoms with van der Waals surface area (Å²) in [6.45, 7) is 2.83. The lowest BCUT2D eigenvalue weighted by Crippen LogP contribution is -1.98. The number of aryl methyl sites for hydroxylation is 1. The van der Waals surface area contributed by atoms with Crippen LogP contribution in [0.2, 0.25) is 5.02 Å². The van der Waals surface area contributed by atoms with E-state index in [0.29, 0.717) is 0 Å². The molecule has 104 valence electrons. The highest BCUT2D eigenvalue weighted by molar-refractivity contribution is 7.18. The number of halogens is 1. The molecule has 1 aromatic carbocycles. The minimum Gasteiger partial charge on any atom is -0.326 e. The Kier molecular flexibility index (Phi) is 2.94. The van der Waals surface area contributed by atoms with Gasteiger partial charge in [0.05, 0.1) is 17.1 Å². The molecule has 0 saturated heterocycles. The first-order chi connectivity index (χ1) is 10.2. The quantitative estimate of drug-likeness (QED) is 0.539. The van der Waals surface area contributed by atoms with Crippen LogP contribution in [0.5, 0.6) is 0 Å². The predicted octanol–water partition coefficient (Wildman–Crippen LogP) is 4.66. The van der Waals surface area contributed by atoms with Gasteiger partial charge in [0.1, 0.15) is 10.3 Å². The highest BCUT2D eigenvalue weighted by Crippen LogP contribution is 2.34. The highest BCUT2D eigenvalue weighted by Gasteiger charge is 2.15. The van der Waals surface area contributed by atoms with E-state index in [2.05, 4.69) is 26.7 Å². The van der Waals surface area contributed by atoms with Crippen LogP contribution in [0.15, 0.2) is 42.7 Å². The van der Waals surface area contributed by atoms with Crippen LogP contribution in [0.25, 0.3) is 21.3 Å². The van der Waals surface area contributed by atoms with Gasteiger partial charge in [-0.3, -0.25) is 4.98 Å². The summed E-state index contributed by atoms with van der Waals surface area (Å²) in [4.78, 5) is 10.1. The van der Waals surface area contributed by atoms with Gasteiger partial charge >= 0.3 is 0 Å². The van der Waals surface area contributed by atoms with E-state index in [1.165, 1.54) is 10.4 Å². The van der Waals surface area contributed by atoms with E-state index in [9.17, 15) is 0 Å². The Morgan fingerprint density at radius 1 is 1.29 bits per heavy atom. The van der Waals surface area contributed by atoms with Crippen molar-refractivity contribution in [3.8, 4) is 0 Å². The average Bonchev–Trinajstić information content (AvgIpc) is 2.98. The summed E-state index contributed by atoms with van der Waals surface area (Å²) in [5.74, 6) is 0. The summed E-state index contributed by atoms with van der Waals surface area (Å²) < 4.78 is 2.29. The van der Waals surface area contributed by atoms with Crippen molar-refractivity contribution in [2.45, 2.75) is 13.5 Å². The van der Waals surface area contributed by atoms with Crippen LogP contribution < -0.4 is 0 Å². The number of aromatic nitrogens is 3. The fourth-order valence-corrected chi connectivity index (χ4v) is 3.76. The Labute approximate surface area is 130 Å². The molecule has 21 heavy (non-hydrogen) atoms. The summed E-state index contributed by atoms with van der Waals surface area (Å²) in [5, 5.41) is 2.93. The van der Waals surface area contributed by atoms with Gasteiger partial charge in [0.25, 0.3) is 0 Å². The van der Waals surface area contributed by atoms with E-state index >= 15 is 0 Å². The first-order valence-corrected chi connectivity index (χ1v) is 7.85. The minimum atomic E-state index is 0.744. The molecule has 0 aliphatic heterocycles. The third-order valence-electron chi connectivity index (χ3n) is 3.53. The van der Waals surface area contributed by atoms with Crippen molar-refractivity contribution >= 4 is 44.2 Å². The van der Waals surface area contributed by atoms with Crippen molar-refractivity contribution in [2.24, 2.45) is 0 Å². The lowest BCUT2D eigenvalue weighted by atomic mass is 10.2. The molecule has 0 unspecified atom stereocenters. The number of rotatable bonds is 2. The maximum absolute atomic E-state index is 6.15. The van der Waals surface area contributed by atoms with Gasteiger partial charge in [-0.2, -0.15) is 0 Å². The fraction of sp³-hybridized carbons (Fsp3) is 0.125. The first kappa shape index (κ1) is 12.8. The van der Waals surface area contributed by atoms with Gasteiger partial charge in [-0.15, -0.1) is 11.3 Å². The number of fused-ring (bicyclic) bond motifs is 3. The van der Waals surface area contributed by atoms with E-state index in [0.717, 1.165) is 33.0 Å². The monoisotopic (exact) mass is 313 g/mol. The molecule has 5 heteroatoms. The SMILES string of the molecule is Cc1nc2c3cc(Cl)ccc3n(Cc3cccnc3)c2s1. The summed E-state index contributed by atoms with van der Waals surface area (Å²) in [5.41, 5.74) is 3.38. The molecular formula is C16H12ClN3S. The van der Waals surface area contributed by atoms with Crippen molar-refractivity contribution < 1.29 is 0 Å². The smallest absolute Gasteiger partial charge is 0.124 e. The molecule has 0 radical (unpaired) electrons. The molecule has 0 bridgehead atoms. The molecule has 3 nitrogen and oxygen atoms in total. The molecule has 0 fully saturated rings. The number of thiazole rings is 1. The zero-order valence-electron chi connectivity index (χ0n) is 11.4. The van der Waals surface area contributed by atoms with Crippen LogP contribution in [0.1, 0.15) is 10.6 Å². The lowest BCUT2D eigenvalue weighted by molar-refractivity contribution is 0.868. The van der Waals surface area contributed by atoms with Gasteiger partial charge in [-0.05, 0) is 36.8 Å². The van der Waals surface area contributed by atoms with Gasteiger partial charge in [-0.1, -0.05) is 17.7 Å². The van der Waals surface area contributed by atoms with Crippen LogP contribution in [0.3, 0.4) is 0 Å². The Morgan fingerprint density at radius 2 is 2.19 bits per heavy atom. The molecule has 0 N–H and O–H groups in total. The molecule has 3 heterocycles. The van der Waals surface area contributed by atoms with Gasteiger partial charge in [-0.25, -0.2) is 4.98 Å². The summed E-state index contributed by atoms with van der Waals surface area (Å²) >= 11 is 7.87. The zero-order chi connectivity index (χ0) is 14.4. The Bertz CT molecular complexity index is 940. The van der Waals surface area contributed by atoms with E-state index in [4.69, 9.17) is 11.6 Å². The Balaban J connectivity index is 2.00. The van der Waals surface area contributed by atoms with Crippen molar-refractivity contribution in [1.82, 2.24) is 14.5 Å². The largest absolute Gasteiger partial charge is 0.326 e. The first-order valence-electron chi connectivity index (χ1n) is 6.66. The van der Waals surface area contributed by atoms with Crippen LogP contribution in [0.4, 0.5) is 0 Å². The normalized spacial score (nSPS) is 11.5. The summed E-state index contributed by atoms with van der Waals surface area (Å²) in [6.07, 6.45) is 3.70. The van der Waals surface area contributed by atoms with Gasteiger partial charge in [0.15, 0.2) is 0 Å². The van der Waals surface area contributed by atoms with Gasteiger partial charge in [0.2, 0.25) is 0 Å². The molecular weight excluding hydrogens is 302 g/mol. The molecule has 0 saturated carbocycles. The topological polar surface area (TPSA) is 30.7 Å². The molecule has 0 amide bonds. The predicted molar refractivity (Wildman–Crippen MR) is 88.2 cm³/mol. The zero-order valence-corrected chi connectivity index (χ0v) is 12.9. The molecule has 0 aliphatic carbocycles. The van der Waals surface area contributed by atoms with E-state index < -0.39 is 0 Å². The number of nitrogens with zero attached hydrogens (tertiary/aromatic N) is 3. The molecule has 0 spiro atoms. The van der Waals surface area contributed by atoms with Crippen LogP contribution >= 0.6 is 22.9 Å². The number of benzene rings is 1. The van der Waals surface area contributed by atoms with E-state index in [1.807, 2.05) is 31.3 Å². The van der Waals surface area contributed by atoms with Gasteiger partial charge < -0.3 is 4.57 Å². The minimum absolute atomic E-state index is 0.744. The van der Waals surface area contributed by atoms with Crippen molar-refractivity contribution in [3.05, 3.63) is 58.3 Å². The summed E-state index contributed by atoms with van der Waals surface area (Å²) in [7, 11) is 0. The summed E-state index contributed by atoms with van der Waals surface area (Å²) in [6, 6.07) is 10.1. The average molecular weight is 314 g/mol.